The van der Waals surface area contributed by atoms with Crippen LogP contribution in [0.1, 0.15) is 18.9 Å². The summed E-state index contributed by atoms with van der Waals surface area (Å²) in [5.41, 5.74) is -0.906. The van der Waals surface area contributed by atoms with Crippen molar-refractivity contribution in [3.8, 4) is 11.5 Å². The maximum atomic E-state index is 14.5. The molecule has 1 fully saturated rings. The van der Waals surface area contributed by atoms with Crippen LogP contribution in [0.25, 0.3) is 0 Å². The van der Waals surface area contributed by atoms with E-state index in [-0.39, 0.29) is 11.5 Å². The second-order valence-corrected chi connectivity index (χ2v) is 5.73. The van der Waals surface area contributed by atoms with Crippen LogP contribution in [0.15, 0.2) is 42.5 Å². The van der Waals surface area contributed by atoms with Crippen molar-refractivity contribution in [2.45, 2.75) is 18.9 Å². The Labute approximate surface area is 143 Å². The minimum absolute atomic E-state index is 0.0611. The molecule has 25 heavy (non-hydrogen) atoms. The van der Waals surface area contributed by atoms with Crippen molar-refractivity contribution in [1.29, 1.82) is 0 Å². The summed E-state index contributed by atoms with van der Waals surface area (Å²) in [5.74, 6) is -1.38. The fourth-order valence-electron chi connectivity index (χ4n) is 3.01. The zero-order valence-corrected chi connectivity index (χ0v) is 13.7. The summed E-state index contributed by atoms with van der Waals surface area (Å²) in [7, 11) is 1.49. The number of nitrogens with zero attached hydrogens (tertiary/aromatic N) is 1. The number of halogens is 2. The van der Waals surface area contributed by atoms with Crippen LogP contribution in [0, 0.1) is 11.6 Å². The smallest absolute Gasteiger partial charge is 0.325 e. The summed E-state index contributed by atoms with van der Waals surface area (Å²) in [6.45, 7) is 1.75. The monoisotopic (exact) mass is 346 g/mol. The lowest BCUT2D eigenvalue weighted by Gasteiger charge is -2.32. The molecule has 1 unspecified atom stereocenters. The molecule has 3 amide bonds. The van der Waals surface area contributed by atoms with E-state index in [4.69, 9.17) is 4.74 Å². The Morgan fingerprint density at radius 2 is 1.80 bits per heavy atom. The molecule has 1 saturated heterocycles. The van der Waals surface area contributed by atoms with Crippen molar-refractivity contribution >= 4 is 11.9 Å². The van der Waals surface area contributed by atoms with Gasteiger partial charge in [0, 0.05) is 7.05 Å². The molecule has 0 aromatic heterocycles. The van der Waals surface area contributed by atoms with Crippen LogP contribution >= 0.6 is 0 Å². The van der Waals surface area contributed by atoms with Gasteiger partial charge in [-0.05, 0) is 48.4 Å². The first-order valence-electron chi connectivity index (χ1n) is 7.71. The third kappa shape index (κ3) is 2.71. The van der Waals surface area contributed by atoms with E-state index < -0.39 is 29.1 Å². The Hall–Kier alpha value is -2.96. The van der Waals surface area contributed by atoms with Crippen molar-refractivity contribution in [2.75, 3.05) is 7.05 Å². The highest BCUT2D eigenvalue weighted by Crippen LogP contribution is 2.37. The van der Waals surface area contributed by atoms with E-state index in [1.165, 1.54) is 48.3 Å². The normalized spacial score (nSPS) is 19.9. The third-order valence-electron chi connectivity index (χ3n) is 4.44. The predicted octanol–water partition coefficient (Wildman–Crippen LogP) is 3.54. The van der Waals surface area contributed by atoms with Gasteiger partial charge in [-0.15, -0.1) is 0 Å². The number of likely N-dealkylation sites (N-methyl/N-ethyl adjacent to an activating group) is 1. The molecule has 7 heteroatoms. The van der Waals surface area contributed by atoms with E-state index in [9.17, 15) is 18.4 Å². The summed E-state index contributed by atoms with van der Waals surface area (Å²) in [6.07, 6.45) is 0.290. The van der Waals surface area contributed by atoms with Gasteiger partial charge in [0.05, 0.1) is 0 Å². The van der Waals surface area contributed by atoms with E-state index in [1.807, 2.05) is 0 Å². The largest absolute Gasteiger partial charge is 0.454 e. The SMILES string of the molecule is CCC1(c2ccc(Oc3ccc(F)cc3)c(F)c2)C(=O)NC(=O)N1C. The van der Waals surface area contributed by atoms with Crippen LogP contribution in [0.3, 0.4) is 0 Å². The number of hydrogen-bond acceptors (Lipinski definition) is 3. The minimum atomic E-state index is -1.26. The molecule has 1 atom stereocenters. The molecule has 1 heterocycles. The number of benzene rings is 2. The second kappa shape index (κ2) is 6.16. The average Bonchev–Trinajstić information content (AvgIpc) is 2.81. The lowest BCUT2D eigenvalue weighted by molar-refractivity contribution is -0.126. The minimum Gasteiger partial charge on any atom is -0.454 e. The summed E-state index contributed by atoms with van der Waals surface area (Å²) in [5, 5.41) is 2.24. The molecular weight excluding hydrogens is 330 g/mol. The Bertz CT molecular complexity index is 839. The third-order valence-corrected chi connectivity index (χ3v) is 4.44. The van der Waals surface area contributed by atoms with Crippen molar-refractivity contribution in [3.05, 3.63) is 59.7 Å². The molecule has 2 aromatic carbocycles. The average molecular weight is 346 g/mol. The first kappa shape index (κ1) is 16.9. The number of hydrogen-bond donors (Lipinski definition) is 1. The van der Waals surface area contributed by atoms with Crippen LogP contribution < -0.4 is 10.1 Å². The topological polar surface area (TPSA) is 58.6 Å². The van der Waals surface area contributed by atoms with E-state index in [0.717, 1.165) is 0 Å². The molecule has 0 aliphatic carbocycles. The highest BCUT2D eigenvalue weighted by Gasteiger charge is 2.51. The van der Waals surface area contributed by atoms with Crippen molar-refractivity contribution in [3.63, 3.8) is 0 Å². The highest BCUT2D eigenvalue weighted by molar-refractivity contribution is 6.07. The van der Waals surface area contributed by atoms with Gasteiger partial charge in [-0.3, -0.25) is 10.1 Å². The van der Waals surface area contributed by atoms with Gasteiger partial charge < -0.3 is 9.64 Å². The Kier molecular flexibility index (Phi) is 4.16. The molecule has 2 aromatic rings. The molecule has 3 rings (SSSR count). The fraction of sp³-hybridized carbons (Fsp3) is 0.222. The molecular formula is C18H16F2N2O3. The molecule has 0 saturated carbocycles. The second-order valence-electron chi connectivity index (χ2n) is 5.73. The van der Waals surface area contributed by atoms with E-state index in [0.29, 0.717) is 12.0 Å². The molecule has 0 radical (unpaired) electrons. The van der Waals surface area contributed by atoms with Crippen LogP contribution in [-0.4, -0.2) is 23.9 Å². The summed E-state index contributed by atoms with van der Waals surface area (Å²) >= 11 is 0. The van der Waals surface area contributed by atoms with E-state index >= 15 is 0 Å². The maximum Gasteiger partial charge on any atom is 0.325 e. The lowest BCUT2D eigenvalue weighted by atomic mass is 9.86. The van der Waals surface area contributed by atoms with Crippen LogP contribution in [0.4, 0.5) is 13.6 Å². The van der Waals surface area contributed by atoms with Gasteiger partial charge in [0.15, 0.2) is 11.6 Å². The van der Waals surface area contributed by atoms with Crippen molar-refractivity contribution < 1.29 is 23.1 Å². The van der Waals surface area contributed by atoms with Gasteiger partial charge in [0.1, 0.15) is 17.1 Å². The number of carbonyl (C=O) groups excluding carboxylic acids is 2. The van der Waals surface area contributed by atoms with Gasteiger partial charge in [-0.2, -0.15) is 0 Å². The molecule has 1 aliphatic heterocycles. The zero-order valence-electron chi connectivity index (χ0n) is 13.7. The summed E-state index contributed by atoms with van der Waals surface area (Å²) < 4.78 is 32.8. The molecule has 0 bridgehead atoms. The van der Waals surface area contributed by atoms with Gasteiger partial charge in [0.25, 0.3) is 5.91 Å². The predicted molar refractivity (Wildman–Crippen MR) is 86.1 cm³/mol. The number of carbonyl (C=O) groups is 2. The Morgan fingerprint density at radius 1 is 1.12 bits per heavy atom. The number of imide groups is 1. The molecule has 1 aliphatic rings. The number of amides is 3. The zero-order chi connectivity index (χ0) is 18.2. The van der Waals surface area contributed by atoms with Gasteiger partial charge in [-0.25, -0.2) is 13.6 Å². The number of ether oxygens (including phenoxy) is 1. The van der Waals surface area contributed by atoms with Crippen LogP contribution in [0.2, 0.25) is 0 Å². The van der Waals surface area contributed by atoms with Crippen LogP contribution in [0.5, 0.6) is 11.5 Å². The molecule has 1 N–H and O–H groups in total. The molecule has 5 nitrogen and oxygen atoms in total. The van der Waals surface area contributed by atoms with Crippen molar-refractivity contribution in [1.82, 2.24) is 10.2 Å². The molecule has 0 spiro atoms. The van der Waals surface area contributed by atoms with Crippen molar-refractivity contribution in [2.24, 2.45) is 0 Å². The van der Waals surface area contributed by atoms with Crippen LogP contribution in [-0.2, 0) is 10.3 Å². The van der Waals surface area contributed by atoms with E-state index in [1.54, 1.807) is 13.0 Å². The lowest BCUT2D eigenvalue weighted by Crippen LogP contribution is -2.44. The first-order valence-corrected chi connectivity index (χ1v) is 7.71. The first-order chi connectivity index (χ1) is 11.9. The maximum absolute atomic E-state index is 14.5. The van der Waals surface area contributed by atoms with Gasteiger partial charge >= 0.3 is 6.03 Å². The van der Waals surface area contributed by atoms with E-state index in [2.05, 4.69) is 5.32 Å². The number of urea groups is 1. The highest BCUT2D eigenvalue weighted by atomic mass is 19.1. The fourth-order valence-corrected chi connectivity index (χ4v) is 3.01. The molecule has 130 valence electrons. The van der Waals surface area contributed by atoms with Gasteiger partial charge in [-0.1, -0.05) is 13.0 Å². The summed E-state index contributed by atoms with van der Waals surface area (Å²) in [4.78, 5) is 25.4. The number of rotatable bonds is 4. The Balaban J connectivity index is 1.95. The standard InChI is InChI=1S/C18H16F2N2O3/c1-3-18(16(23)21-17(24)22(18)2)11-4-9-15(14(20)10-11)25-13-7-5-12(19)6-8-13/h4-10H,3H2,1-2H3,(H,21,23,24). The Morgan fingerprint density at radius 3 is 2.32 bits per heavy atom. The number of nitrogens with one attached hydrogen (secondary N) is 1. The van der Waals surface area contributed by atoms with Gasteiger partial charge in [0.2, 0.25) is 0 Å². The summed E-state index contributed by atoms with van der Waals surface area (Å²) in [6, 6.07) is 8.75. The quantitative estimate of drug-likeness (QED) is 0.862.